The van der Waals surface area contributed by atoms with Gasteiger partial charge in [-0.25, -0.2) is 19.1 Å². The number of hydrogen-bond acceptors (Lipinski definition) is 7. The van der Waals surface area contributed by atoms with Gasteiger partial charge in [-0.05, 0) is 30.7 Å². The maximum atomic E-state index is 12.7. The van der Waals surface area contributed by atoms with Crippen LogP contribution in [0.1, 0.15) is 17.3 Å². The summed E-state index contributed by atoms with van der Waals surface area (Å²) in [6.07, 6.45) is 1.51. The Labute approximate surface area is 174 Å². The number of ether oxygens (including phenoxy) is 1. The van der Waals surface area contributed by atoms with E-state index >= 15 is 0 Å². The molecule has 1 aromatic carbocycles. The molecule has 0 atom stereocenters. The quantitative estimate of drug-likeness (QED) is 0.476. The molecule has 0 aliphatic heterocycles. The first-order valence-electron chi connectivity index (χ1n) is 9.17. The van der Waals surface area contributed by atoms with Gasteiger partial charge >= 0.3 is 11.7 Å². The number of esters is 1. The molecule has 4 rings (SSSR count). The Morgan fingerprint density at radius 3 is 2.77 bits per heavy atom. The van der Waals surface area contributed by atoms with Crippen molar-refractivity contribution in [1.82, 2.24) is 9.55 Å². The molecule has 0 saturated carbocycles. The van der Waals surface area contributed by atoms with Crippen LogP contribution in [0.15, 0.2) is 63.9 Å². The smallest absolute Gasteiger partial charge is 0.421 e. The largest absolute Gasteiger partial charge is 0.462 e. The van der Waals surface area contributed by atoms with E-state index in [1.807, 2.05) is 30.3 Å². The van der Waals surface area contributed by atoms with E-state index in [1.54, 1.807) is 25.1 Å². The summed E-state index contributed by atoms with van der Waals surface area (Å²) in [4.78, 5) is 42.0. The van der Waals surface area contributed by atoms with Crippen molar-refractivity contribution in [2.75, 3.05) is 11.9 Å². The van der Waals surface area contributed by atoms with E-state index in [1.165, 1.54) is 17.5 Å². The van der Waals surface area contributed by atoms with Crippen molar-refractivity contribution in [1.29, 1.82) is 0 Å². The van der Waals surface area contributed by atoms with E-state index in [2.05, 4.69) is 10.3 Å². The van der Waals surface area contributed by atoms with Crippen molar-refractivity contribution >= 4 is 39.4 Å². The molecule has 0 saturated heterocycles. The number of nitrogens with zero attached hydrogens (tertiary/aromatic N) is 2. The van der Waals surface area contributed by atoms with Gasteiger partial charge < -0.3 is 14.5 Å². The second-order valence-electron chi connectivity index (χ2n) is 6.27. The molecule has 0 unspecified atom stereocenters. The van der Waals surface area contributed by atoms with Crippen LogP contribution < -0.4 is 11.1 Å². The summed E-state index contributed by atoms with van der Waals surface area (Å²) in [5.41, 5.74) is 1.75. The van der Waals surface area contributed by atoms with Crippen molar-refractivity contribution in [3.63, 3.8) is 0 Å². The third-order valence-electron chi connectivity index (χ3n) is 4.26. The molecular formula is C21H17N3O5S. The number of pyridine rings is 1. The lowest BCUT2D eigenvalue weighted by molar-refractivity contribution is -0.116. The number of thiophene rings is 1. The number of carbonyl (C=O) groups excluding carboxylic acids is 2. The van der Waals surface area contributed by atoms with Crippen molar-refractivity contribution in [3.8, 4) is 10.4 Å². The molecule has 0 fully saturated rings. The van der Waals surface area contributed by atoms with Crippen LogP contribution in [0, 0.1) is 0 Å². The first-order chi connectivity index (χ1) is 14.6. The van der Waals surface area contributed by atoms with Crippen molar-refractivity contribution in [2.45, 2.75) is 13.5 Å². The lowest BCUT2D eigenvalue weighted by Gasteiger charge is -2.06. The van der Waals surface area contributed by atoms with Crippen molar-refractivity contribution < 1.29 is 18.7 Å². The number of anilines is 1. The van der Waals surface area contributed by atoms with Gasteiger partial charge in [-0.2, -0.15) is 0 Å². The lowest BCUT2D eigenvalue weighted by Crippen LogP contribution is -2.25. The molecule has 30 heavy (non-hydrogen) atoms. The molecular weight excluding hydrogens is 406 g/mol. The van der Waals surface area contributed by atoms with E-state index in [4.69, 9.17) is 9.15 Å². The highest BCUT2D eigenvalue weighted by atomic mass is 32.1. The Morgan fingerprint density at radius 1 is 1.20 bits per heavy atom. The fourth-order valence-electron chi connectivity index (χ4n) is 2.94. The van der Waals surface area contributed by atoms with Crippen LogP contribution in [0.3, 0.4) is 0 Å². The minimum absolute atomic E-state index is 0.213. The monoisotopic (exact) mass is 423 g/mol. The Morgan fingerprint density at radius 2 is 2.00 bits per heavy atom. The second kappa shape index (κ2) is 8.34. The predicted octanol–water partition coefficient (Wildman–Crippen LogP) is 3.53. The van der Waals surface area contributed by atoms with Crippen LogP contribution in [-0.2, 0) is 16.1 Å². The Hall–Kier alpha value is -3.72. The van der Waals surface area contributed by atoms with Gasteiger partial charge in [-0.15, -0.1) is 11.3 Å². The number of carbonyl (C=O) groups is 2. The van der Waals surface area contributed by atoms with E-state index in [9.17, 15) is 14.4 Å². The number of fused-ring (bicyclic) bond motifs is 1. The highest BCUT2D eigenvalue weighted by molar-refractivity contribution is 7.20. The second-order valence-corrected chi connectivity index (χ2v) is 7.32. The maximum Gasteiger partial charge on any atom is 0.421 e. The zero-order valence-electron chi connectivity index (χ0n) is 16.0. The summed E-state index contributed by atoms with van der Waals surface area (Å²) in [7, 11) is 0. The molecule has 3 aromatic heterocycles. The molecule has 1 amide bonds. The zero-order valence-corrected chi connectivity index (χ0v) is 16.8. The average Bonchev–Trinajstić information content (AvgIpc) is 3.30. The van der Waals surface area contributed by atoms with Gasteiger partial charge in [-0.3, -0.25) is 4.79 Å². The van der Waals surface area contributed by atoms with E-state index < -0.39 is 17.6 Å². The minimum atomic E-state index is -0.680. The van der Waals surface area contributed by atoms with Gasteiger partial charge in [0.2, 0.25) is 5.91 Å². The summed E-state index contributed by atoms with van der Waals surface area (Å²) < 4.78 is 11.4. The Kier molecular flexibility index (Phi) is 5.44. The number of oxazole rings is 1. The van der Waals surface area contributed by atoms with Gasteiger partial charge in [0, 0.05) is 11.1 Å². The third-order valence-corrected chi connectivity index (χ3v) is 5.36. The summed E-state index contributed by atoms with van der Waals surface area (Å²) in [6, 6.07) is 14.4. The predicted molar refractivity (Wildman–Crippen MR) is 113 cm³/mol. The van der Waals surface area contributed by atoms with Gasteiger partial charge in [-0.1, -0.05) is 30.3 Å². The van der Waals surface area contributed by atoms with E-state index in [-0.39, 0.29) is 24.4 Å². The first kappa shape index (κ1) is 19.6. The van der Waals surface area contributed by atoms with Gasteiger partial charge in [0.05, 0.1) is 12.2 Å². The van der Waals surface area contributed by atoms with Crippen LogP contribution in [0.2, 0.25) is 0 Å². The average molecular weight is 423 g/mol. The van der Waals surface area contributed by atoms with Crippen LogP contribution in [0.25, 0.3) is 21.7 Å². The number of nitrogens with one attached hydrogen (secondary N) is 1. The maximum absolute atomic E-state index is 12.7. The number of hydrogen-bond donors (Lipinski definition) is 1. The molecule has 8 nitrogen and oxygen atoms in total. The third kappa shape index (κ3) is 3.87. The fraction of sp³-hybridized carbons (Fsp3) is 0.143. The number of benzene rings is 1. The van der Waals surface area contributed by atoms with Crippen molar-refractivity contribution in [2.24, 2.45) is 0 Å². The summed E-state index contributed by atoms with van der Waals surface area (Å²) in [5, 5.41) is 3.07. The van der Waals surface area contributed by atoms with Crippen LogP contribution in [0.4, 0.5) is 5.00 Å². The molecule has 0 aliphatic carbocycles. The highest BCUT2D eigenvalue weighted by Crippen LogP contribution is 2.36. The molecule has 0 aliphatic rings. The summed E-state index contributed by atoms with van der Waals surface area (Å²) >= 11 is 1.26. The standard InChI is InChI=1S/C21H17N3O5S/c1-2-28-20(26)14-11-16(13-7-4-3-5-8-13)30-19(14)23-17(25)12-24-18-15(29-21(24)27)9-6-10-22-18/h3-11H,2,12H2,1H3,(H,23,25). The normalized spacial score (nSPS) is 10.8. The number of amides is 1. The van der Waals surface area contributed by atoms with Crippen molar-refractivity contribution in [3.05, 3.63) is 70.8 Å². The highest BCUT2D eigenvalue weighted by Gasteiger charge is 2.21. The minimum Gasteiger partial charge on any atom is -0.462 e. The van der Waals surface area contributed by atoms with E-state index in [0.29, 0.717) is 10.6 Å². The van der Waals surface area contributed by atoms with Gasteiger partial charge in [0.1, 0.15) is 11.5 Å². The molecule has 3 heterocycles. The lowest BCUT2D eigenvalue weighted by atomic mass is 10.1. The number of rotatable bonds is 6. The topological polar surface area (TPSA) is 103 Å². The zero-order chi connectivity index (χ0) is 21.1. The van der Waals surface area contributed by atoms with Crippen LogP contribution in [-0.4, -0.2) is 28.0 Å². The molecule has 0 spiro atoms. The Balaban J connectivity index is 1.63. The Bertz CT molecular complexity index is 1270. The van der Waals surface area contributed by atoms with Gasteiger partial charge in [0.25, 0.3) is 0 Å². The molecule has 9 heteroatoms. The van der Waals surface area contributed by atoms with E-state index in [0.717, 1.165) is 15.0 Å². The molecule has 152 valence electrons. The van der Waals surface area contributed by atoms with Gasteiger partial charge in [0.15, 0.2) is 11.2 Å². The summed E-state index contributed by atoms with van der Waals surface area (Å²) in [5.74, 6) is -1.70. The van der Waals surface area contributed by atoms with Crippen LogP contribution in [0.5, 0.6) is 0 Å². The first-order valence-corrected chi connectivity index (χ1v) is 9.99. The number of aromatic nitrogens is 2. The SMILES string of the molecule is CCOC(=O)c1cc(-c2ccccc2)sc1NC(=O)Cn1c(=O)oc2cccnc21. The molecule has 1 N–H and O–H groups in total. The molecule has 0 radical (unpaired) electrons. The molecule has 4 aromatic rings. The fourth-order valence-corrected chi connectivity index (χ4v) is 4.01. The van der Waals surface area contributed by atoms with Crippen LogP contribution >= 0.6 is 11.3 Å². The summed E-state index contributed by atoms with van der Waals surface area (Å²) in [6.45, 7) is 1.62. The molecule has 0 bridgehead atoms.